The summed E-state index contributed by atoms with van der Waals surface area (Å²) in [7, 11) is 3.12. The number of Topliss-reactive ketones (excluding diaryl/α,β-unsaturated/α-hetero) is 1. The normalized spacial score (nSPS) is 10.6. The van der Waals surface area contributed by atoms with E-state index >= 15 is 0 Å². The van der Waals surface area contributed by atoms with Crippen LogP contribution in [0.2, 0.25) is 0 Å². The van der Waals surface area contributed by atoms with Gasteiger partial charge in [0.2, 0.25) is 0 Å². The summed E-state index contributed by atoms with van der Waals surface area (Å²) >= 11 is 0. The minimum absolute atomic E-state index is 0.156. The minimum Gasteiger partial charge on any atom is -0.493 e. The number of benzene rings is 2. The van der Waals surface area contributed by atoms with Crippen LogP contribution in [-0.2, 0) is 16.0 Å². The van der Waals surface area contributed by atoms with Gasteiger partial charge < -0.3 is 14.2 Å². The van der Waals surface area contributed by atoms with E-state index in [0.717, 1.165) is 11.1 Å². The van der Waals surface area contributed by atoms with E-state index in [1.165, 1.54) is 0 Å². The fourth-order valence-electron chi connectivity index (χ4n) is 2.74. The second-order valence-electron chi connectivity index (χ2n) is 6.51. The number of ether oxygens (including phenoxy) is 3. The highest BCUT2D eigenvalue weighted by Gasteiger charge is 2.14. The van der Waals surface area contributed by atoms with Crippen molar-refractivity contribution >= 4 is 11.8 Å². The summed E-state index contributed by atoms with van der Waals surface area (Å²) < 4.78 is 15.7. The van der Waals surface area contributed by atoms with Crippen LogP contribution >= 0.6 is 0 Å². The predicted octanol–water partition coefficient (Wildman–Crippen LogP) is 4.19. The lowest BCUT2D eigenvalue weighted by molar-refractivity contribution is -0.142. The van der Waals surface area contributed by atoms with Crippen molar-refractivity contribution in [2.24, 2.45) is 0 Å². The van der Waals surface area contributed by atoms with Crippen LogP contribution in [0.1, 0.15) is 47.7 Å². The maximum atomic E-state index is 12.2. The Kier molecular flexibility index (Phi) is 7.41. The van der Waals surface area contributed by atoms with Crippen LogP contribution < -0.4 is 9.47 Å². The zero-order chi connectivity index (χ0) is 19.8. The molecule has 0 aliphatic heterocycles. The Labute approximate surface area is 160 Å². The van der Waals surface area contributed by atoms with Crippen LogP contribution in [-0.4, -0.2) is 32.6 Å². The van der Waals surface area contributed by atoms with Gasteiger partial charge in [0, 0.05) is 12.0 Å². The predicted molar refractivity (Wildman–Crippen MR) is 104 cm³/mol. The van der Waals surface area contributed by atoms with Gasteiger partial charge in [-0.25, -0.2) is 0 Å². The third-order valence-corrected chi connectivity index (χ3v) is 4.35. The second kappa shape index (κ2) is 9.76. The molecule has 0 saturated heterocycles. The van der Waals surface area contributed by atoms with Gasteiger partial charge in [-0.15, -0.1) is 0 Å². The molecule has 0 atom stereocenters. The summed E-state index contributed by atoms with van der Waals surface area (Å²) in [6.07, 6.45) is 0.597. The Balaban J connectivity index is 1.87. The molecule has 0 aliphatic rings. The summed E-state index contributed by atoms with van der Waals surface area (Å²) in [4.78, 5) is 24.2. The standard InChI is InChI=1S/C22H26O5/c1-15(2)16-8-10-17(11-9-16)19(23)14-27-21(24)13-12-18-6-5-7-20(25-3)22(18)26-4/h5-11,15H,12-14H2,1-4H3. The lowest BCUT2D eigenvalue weighted by Gasteiger charge is -2.12. The lowest BCUT2D eigenvalue weighted by Crippen LogP contribution is -2.14. The molecule has 144 valence electrons. The van der Waals surface area contributed by atoms with Gasteiger partial charge >= 0.3 is 5.97 Å². The van der Waals surface area contributed by atoms with E-state index in [2.05, 4.69) is 13.8 Å². The number of carbonyl (C=O) groups excluding carboxylic acids is 2. The average molecular weight is 370 g/mol. The molecule has 5 nitrogen and oxygen atoms in total. The molecule has 0 N–H and O–H groups in total. The smallest absolute Gasteiger partial charge is 0.306 e. The average Bonchev–Trinajstić information content (AvgIpc) is 2.69. The molecule has 5 heteroatoms. The number of carbonyl (C=O) groups is 2. The van der Waals surface area contributed by atoms with Crippen LogP contribution in [0.4, 0.5) is 0 Å². The van der Waals surface area contributed by atoms with Gasteiger partial charge in [-0.2, -0.15) is 0 Å². The van der Waals surface area contributed by atoms with Crippen molar-refractivity contribution in [1.29, 1.82) is 0 Å². The first-order chi connectivity index (χ1) is 13.0. The third-order valence-electron chi connectivity index (χ3n) is 4.35. The number of ketones is 1. The largest absolute Gasteiger partial charge is 0.493 e. The first-order valence-corrected chi connectivity index (χ1v) is 8.95. The van der Waals surface area contributed by atoms with Gasteiger partial charge in [-0.3, -0.25) is 9.59 Å². The Morgan fingerprint density at radius 1 is 0.963 bits per heavy atom. The fraction of sp³-hybridized carbons (Fsp3) is 0.364. The highest BCUT2D eigenvalue weighted by atomic mass is 16.5. The van der Waals surface area contributed by atoms with Crippen molar-refractivity contribution in [3.63, 3.8) is 0 Å². The van der Waals surface area contributed by atoms with Gasteiger partial charge in [0.1, 0.15) is 0 Å². The van der Waals surface area contributed by atoms with Gasteiger partial charge in [0.05, 0.1) is 14.2 Å². The number of hydrogen-bond donors (Lipinski definition) is 0. The zero-order valence-corrected chi connectivity index (χ0v) is 16.3. The molecular formula is C22H26O5. The quantitative estimate of drug-likeness (QED) is 0.489. The van der Waals surface area contributed by atoms with E-state index < -0.39 is 5.97 Å². The molecule has 0 amide bonds. The molecule has 0 heterocycles. The summed E-state index contributed by atoms with van der Waals surface area (Å²) in [5.74, 6) is 0.989. The van der Waals surface area contributed by atoms with Gasteiger partial charge in [0.15, 0.2) is 23.9 Å². The highest BCUT2D eigenvalue weighted by Crippen LogP contribution is 2.31. The van der Waals surface area contributed by atoms with Crippen LogP contribution in [0.15, 0.2) is 42.5 Å². The van der Waals surface area contributed by atoms with E-state index in [4.69, 9.17) is 14.2 Å². The Morgan fingerprint density at radius 2 is 1.67 bits per heavy atom. The number of rotatable bonds is 9. The van der Waals surface area contributed by atoms with E-state index in [9.17, 15) is 9.59 Å². The molecule has 0 aliphatic carbocycles. The van der Waals surface area contributed by atoms with Crippen molar-refractivity contribution in [3.05, 3.63) is 59.2 Å². The topological polar surface area (TPSA) is 61.8 Å². The maximum Gasteiger partial charge on any atom is 0.306 e. The summed E-state index contributed by atoms with van der Waals surface area (Å²) in [5.41, 5.74) is 2.56. The number of methoxy groups -OCH3 is 2. The van der Waals surface area contributed by atoms with Crippen LogP contribution in [0.5, 0.6) is 11.5 Å². The monoisotopic (exact) mass is 370 g/mol. The van der Waals surface area contributed by atoms with E-state index in [1.54, 1.807) is 32.4 Å². The highest BCUT2D eigenvalue weighted by molar-refractivity contribution is 5.97. The van der Waals surface area contributed by atoms with E-state index in [0.29, 0.717) is 29.4 Å². The summed E-state index contributed by atoms with van der Waals surface area (Å²) in [6.45, 7) is 3.93. The second-order valence-corrected chi connectivity index (χ2v) is 6.51. The van der Waals surface area contributed by atoms with Crippen molar-refractivity contribution in [3.8, 4) is 11.5 Å². The molecule has 0 bridgehead atoms. The zero-order valence-electron chi connectivity index (χ0n) is 16.3. The Bertz CT molecular complexity index is 778. The Hall–Kier alpha value is -2.82. The molecule has 0 spiro atoms. The first-order valence-electron chi connectivity index (χ1n) is 8.95. The molecule has 0 radical (unpaired) electrons. The number of para-hydroxylation sites is 1. The minimum atomic E-state index is -0.424. The lowest BCUT2D eigenvalue weighted by atomic mass is 10.0. The fourth-order valence-corrected chi connectivity index (χ4v) is 2.74. The van der Waals surface area contributed by atoms with Crippen LogP contribution in [0, 0.1) is 0 Å². The maximum absolute atomic E-state index is 12.2. The molecule has 2 aromatic rings. The number of aryl methyl sites for hydroxylation is 1. The van der Waals surface area contributed by atoms with E-state index in [1.807, 2.05) is 24.3 Å². The third kappa shape index (κ3) is 5.58. The molecular weight excluding hydrogens is 344 g/mol. The van der Waals surface area contributed by atoms with Gasteiger partial charge in [-0.05, 0) is 29.5 Å². The first kappa shape index (κ1) is 20.5. The van der Waals surface area contributed by atoms with Crippen LogP contribution in [0.25, 0.3) is 0 Å². The van der Waals surface area contributed by atoms with Gasteiger partial charge in [-0.1, -0.05) is 50.2 Å². The molecule has 2 aromatic carbocycles. The van der Waals surface area contributed by atoms with Crippen molar-refractivity contribution in [1.82, 2.24) is 0 Å². The van der Waals surface area contributed by atoms with Crippen molar-refractivity contribution in [2.45, 2.75) is 32.6 Å². The molecule has 0 saturated carbocycles. The molecule has 0 unspecified atom stereocenters. The molecule has 0 aromatic heterocycles. The molecule has 2 rings (SSSR count). The van der Waals surface area contributed by atoms with E-state index in [-0.39, 0.29) is 18.8 Å². The van der Waals surface area contributed by atoms with Crippen molar-refractivity contribution < 1.29 is 23.8 Å². The summed E-state index contributed by atoms with van der Waals surface area (Å²) in [6, 6.07) is 12.9. The Morgan fingerprint density at radius 3 is 2.26 bits per heavy atom. The van der Waals surface area contributed by atoms with Crippen LogP contribution in [0.3, 0.4) is 0 Å². The number of hydrogen-bond acceptors (Lipinski definition) is 5. The summed E-state index contributed by atoms with van der Waals surface area (Å²) in [5, 5.41) is 0. The number of esters is 1. The van der Waals surface area contributed by atoms with Crippen molar-refractivity contribution in [2.75, 3.05) is 20.8 Å². The van der Waals surface area contributed by atoms with Gasteiger partial charge in [0.25, 0.3) is 0 Å². The molecule has 0 fully saturated rings. The molecule has 27 heavy (non-hydrogen) atoms. The SMILES string of the molecule is COc1cccc(CCC(=O)OCC(=O)c2ccc(C(C)C)cc2)c1OC.